The van der Waals surface area contributed by atoms with Gasteiger partial charge in [0.15, 0.2) is 0 Å². The third-order valence-electron chi connectivity index (χ3n) is 20.2. The van der Waals surface area contributed by atoms with E-state index in [1.165, 1.54) is 139 Å². The largest absolute Gasteiger partial charge is 0.311 e. The molecule has 1 heterocycles. The summed E-state index contributed by atoms with van der Waals surface area (Å²) >= 11 is 0. The lowest BCUT2D eigenvalue weighted by molar-refractivity contribution is 0.633. The van der Waals surface area contributed by atoms with Gasteiger partial charge in [0.05, 0.1) is 27.6 Å². The van der Waals surface area contributed by atoms with Crippen LogP contribution in [0.3, 0.4) is 0 Å². The van der Waals surface area contributed by atoms with Crippen LogP contribution in [0.4, 0.5) is 11.4 Å². The Labute approximate surface area is 496 Å². The molecule has 400 valence electrons. The Morgan fingerprint density at radius 2 is 0.871 bits per heavy atom. The lowest BCUT2D eigenvalue weighted by Crippen LogP contribution is -2.43. The molecule has 2 spiro atoms. The van der Waals surface area contributed by atoms with E-state index in [1.807, 2.05) is 0 Å². The maximum atomic E-state index is 2.56. The molecule has 12 aromatic carbocycles. The number of para-hydroxylation sites is 1. The number of rotatable bonds is 6. The highest BCUT2D eigenvalue weighted by molar-refractivity contribution is 6.11. The van der Waals surface area contributed by atoms with E-state index in [2.05, 4.69) is 321 Å². The predicted molar refractivity (Wildman–Crippen MR) is 352 cm³/mol. The summed E-state index contributed by atoms with van der Waals surface area (Å²) < 4.78 is 2.56. The topological polar surface area (TPSA) is 8.17 Å². The van der Waals surface area contributed by atoms with E-state index in [1.54, 1.807) is 0 Å². The minimum Gasteiger partial charge on any atom is -0.311 e. The number of aromatic nitrogens is 1. The van der Waals surface area contributed by atoms with Gasteiger partial charge in [-0.05, 0) is 161 Å². The highest BCUT2D eigenvalue weighted by atomic mass is 15.1. The summed E-state index contributed by atoms with van der Waals surface area (Å²) in [7, 11) is 0. The molecule has 2 heteroatoms. The summed E-state index contributed by atoms with van der Waals surface area (Å²) in [5.41, 5.74) is 30.9. The lowest BCUT2D eigenvalue weighted by atomic mass is 9.52. The molecule has 0 radical (unpaired) electrons. The number of allylic oxidation sites excluding steroid dienone is 3. The fourth-order valence-corrected chi connectivity index (χ4v) is 16.7. The fraction of sp³-hybridized carbons (Fsp3) is 0.0843. The highest BCUT2D eigenvalue weighted by Gasteiger charge is 2.59. The average molecular weight is 1080 g/mol. The van der Waals surface area contributed by atoms with Crippen molar-refractivity contribution >= 4 is 33.2 Å². The zero-order valence-electron chi connectivity index (χ0n) is 47.5. The van der Waals surface area contributed by atoms with E-state index in [0.717, 1.165) is 17.8 Å². The zero-order valence-corrected chi connectivity index (χ0v) is 47.5. The molecule has 5 aliphatic rings. The van der Waals surface area contributed by atoms with Crippen molar-refractivity contribution in [1.29, 1.82) is 0 Å². The molecular formula is C83H58N2. The molecular weight excluding hydrogens is 1020 g/mol. The monoisotopic (exact) mass is 1080 g/mol. The summed E-state index contributed by atoms with van der Waals surface area (Å²) in [5.74, 6) is 0.329. The fourth-order valence-electron chi connectivity index (χ4n) is 16.7. The van der Waals surface area contributed by atoms with Gasteiger partial charge in [-0.25, -0.2) is 0 Å². The van der Waals surface area contributed by atoms with E-state index in [9.17, 15) is 0 Å². The Balaban J connectivity index is 0.798. The van der Waals surface area contributed by atoms with Crippen LogP contribution in [0.5, 0.6) is 0 Å². The van der Waals surface area contributed by atoms with Crippen molar-refractivity contribution in [1.82, 2.24) is 4.57 Å². The molecule has 0 saturated heterocycles. The van der Waals surface area contributed by atoms with Crippen LogP contribution in [0.2, 0.25) is 0 Å². The zero-order chi connectivity index (χ0) is 56.2. The maximum Gasteiger partial charge on any atom is 0.0720 e. The van der Waals surface area contributed by atoms with Gasteiger partial charge in [-0.15, -0.1) is 0 Å². The molecule has 5 aliphatic carbocycles. The van der Waals surface area contributed by atoms with Crippen LogP contribution in [0.25, 0.3) is 72.0 Å². The Hall–Kier alpha value is -10.3. The third-order valence-corrected chi connectivity index (χ3v) is 20.2. The van der Waals surface area contributed by atoms with Gasteiger partial charge in [0.1, 0.15) is 0 Å². The van der Waals surface area contributed by atoms with Crippen molar-refractivity contribution in [2.75, 3.05) is 4.90 Å². The Morgan fingerprint density at radius 1 is 0.365 bits per heavy atom. The first-order chi connectivity index (χ1) is 41.9. The molecule has 0 N–H and O–H groups in total. The van der Waals surface area contributed by atoms with E-state index in [-0.39, 0.29) is 5.41 Å². The van der Waals surface area contributed by atoms with Crippen LogP contribution in [-0.4, -0.2) is 4.57 Å². The first-order valence-electron chi connectivity index (χ1n) is 30.2. The Morgan fingerprint density at radius 3 is 1.54 bits per heavy atom. The SMILES string of the molecule is CC1(C)c2ccccc2-c2ccc(N(C3=CCC(c4ccccc4)C=C3)c3cccc(-c4ccc5c(c4)c4ccccc4n5-c4cccc5c4-c4ccccc4C54c5ccccc5C5(c6ccccc6-c6ccccc65)c5ccccc54)c3)cc21. The predicted octanol–water partition coefficient (Wildman–Crippen LogP) is 20.6. The standard InChI is InChI=1S/C83H58N2/c1-81(2)67-31-11-6-26-60(67)63-48-47-59(52-76(63)81)84(57-45-42-54(43-46-57)53-22-4-3-5-23-53)58-25-20-24-55(50-58)56-44-49-78-66(51-56)64-29-10-19-40-77(64)85(78)79-41-21-39-75-80(79)65-30-9-14-34-70(65)83(75)73-37-17-15-35-71(73)82(72-36-16-18-38-74(72)83)68-32-12-7-27-61(68)62-28-8-13-33-69(62)82/h3-42,44-52,54H,43H2,1-2H3. The summed E-state index contributed by atoms with van der Waals surface area (Å²) in [5, 5.41) is 2.46. The second kappa shape index (κ2) is 17.9. The number of anilines is 2. The molecule has 0 fully saturated rings. The molecule has 18 rings (SSSR count). The van der Waals surface area contributed by atoms with Crippen LogP contribution >= 0.6 is 0 Å². The number of nitrogens with zero attached hydrogens (tertiary/aromatic N) is 2. The van der Waals surface area contributed by atoms with Crippen molar-refractivity contribution < 1.29 is 0 Å². The molecule has 13 aromatic rings. The van der Waals surface area contributed by atoms with Crippen LogP contribution in [0, 0.1) is 0 Å². The lowest BCUT2D eigenvalue weighted by Gasteiger charge is -2.48. The Bertz CT molecular complexity index is 4950. The molecule has 2 nitrogen and oxygen atoms in total. The van der Waals surface area contributed by atoms with Gasteiger partial charge in [0.2, 0.25) is 0 Å². The van der Waals surface area contributed by atoms with Gasteiger partial charge in [-0.3, -0.25) is 0 Å². The summed E-state index contributed by atoms with van der Waals surface area (Å²) in [6.07, 6.45) is 8.11. The van der Waals surface area contributed by atoms with Gasteiger partial charge < -0.3 is 9.47 Å². The van der Waals surface area contributed by atoms with Crippen molar-refractivity contribution in [3.8, 4) is 50.2 Å². The van der Waals surface area contributed by atoms with Crippen molar-refractivity contribution in [2.45, 2.75) is 42.4 Å². The third kappa shape index (κ3) is 6.44. The first kappa shape index (κ1) is 48.3. The van der Waals surface area contributed by atoms with E-state index in [4.69, 9.17) is 0 Å². The smallest absolute Gasteiger partial charge is 0.0720 e. The second-order valence-electron chi connectivity index (χ2n) is 24.5. The molecule has 1 unspecified atom stereocenters. The van der Waals surface area contributed by atoms with Gasteiger partial charge in [0.25, 0.3) is 0 Å². The normalized spacial score (nSPS) is 16.3. The molecule has 0 bridgehead atoms. The number of fused-ring (bicyclic) bond motifs is 22. The molecule has 0 amide bonds. The van der Waals surface area contributed by atoms with Crippen LogP contribution in [0.1, 0.15) is 87.4 Å². The van der Waals surface area contributed by atoms with Crippen LogP contribution < -0.4 is 4.90 Å². The quantitative estimate of drug-likeness (QED) is 0.161. The summed E-state index contributed by atoms with van der Waals surface area (Å²) in [6.45, 7) is 4.75. The molecule has 0 aliphatic heterocycles. The van der Waals surface area contributed by atoms with Crippen molar-refractivity contribution in [2.24, 2.45) is 0 Å². The molecule has 0 saturated carbocycles. The van der Waals surface area contributed by atoms with Gasteiger partial charge in [-0.1, -0.05) is 257 Å². The van der Waals surface area contributed by atoms with Crippen molar-refractivity contribution in [3.05, 3.63) is 364 Å². The maximum absolute atomic E-state index is 2.56. The van der Waals surface area contributed by atoms with Crippen LogP contribution in [0.15, 0.2) is 303 Å². The van der Waals surface area contributed by atoms with Crippen LogP contribution in [-0.2, 0) is 16.2 Å². The second-order valence-corrected chi connectivity index (χ2v) is 24.5. The van der Waals surface area contributed by atoms with E-state index in [0.29, 0.717) is 5.92 Å². The van der Waals surface area contributed by atoms with E-state index >= 15 is 0 Å². The van der Waals surface area contributed by atoms with Gasteiger partial charge >= 0.3 is 0 Å². The van der Waals surface area contributed by atoms with Gasteiger partial charge in [0, 0.05) is 44.7 Å². The van der Waals surface area contributed by atoms with E-state index < -0.39 is 10.8 Å². The minimum absolute atomic E-state index is 0.129. The summed E-state index contributed by atoms with van der Waals surface area (Å²) in [4.78, 5) is 2.49. The molecule has 1 aromatic heterocycles. The highest BCUT2D eigenvalue weighted by Crippen LogP contribution is 2.68. The first-order valence-corrected chi connectivity index (χ1v) is 30.2. The number of hydrogen-bond donors (Lipinski definition) is 0. The minimum atomic E-state index is -0.592. The van der Waals surface area contributed by atoms with Gasteiger partial charge in [-0.2, -0.15) is 0 Å². The number of benzene rings is 12. The molecule has 85 heavy (non-hydrogen) atoms. The average Bonchev–Trinajstić information content (AvgIpc) is 1.58. The number of hydrogen-bond acceptors (Lipinski definition) is 1. The summed E-state index contributed by atoms with van der Waals surface area (Å²) in [6, 6.07) is 106. The van der Waals surface area contributed by atoms with Crippen molar-refractivity contribution in [3.63, 3.8) is 0 Å². The molecule has 1 atom stereocenters. The Kier molecular flexibility index (Phi) is 10.1.